The van der Waals surface area contributed by atoms with E-state index in [1.165, 1.54) is 5.56 Å². The number of thiazole rings is 1. The Morgan fingerprint density at radius 1 is 1.43 bits per heavy atom. The molecule has 0 amide bonds. The van der Waals surface area contributed by atoms with Crippen LogP contribution in [0.2, 0.25) is 0 Å². The normalized spacial score (nSPS) is 11.2. The highest BCUT2D eigenvalue weighted by Crippen LogP contribution is 2.09. The van der Waals surface area contributed by atoms with Crippen LogP contribution < -0.4 is 5.32 Å². The first kappa shape index (κ1) is 19.9. The Balaban J connectivity index is 0.00000264. The topological polar surface area (TPSA) is 58.3 Å². The monoisotopic (exact) mass is 448 g/mol. The van der Waals surface area contributed by atoms with Crippen LogP contribution in [0.5, 0.6) is 0 Å². The van der Waals surface area contributed by atoms with E-state index in [2.05, 4.69) is 43.8 Å². The average Bonchev–Trinajstić information content (AvgIpc) is 3.07. The number of halogens is 1. The van der Waals surface area contributed by atoms with Crippen LogP contribution in [-0.4, -0.2) is 46.3 Å². The molecule has 2 rings (SSSR count). The Morgan fingerprint density at radius 2 is 2.22 bits per heavy atom. The van der Waals surface area contributed by atoms with Gasteiger partial charge < -0.3 is 10.2 Å². The second-order valence-corrected chi connectivity index (χ2v) is 6.38. The summed E-state index contributed by atoms with van der Waals surface area (Å²) < 4.78 is 1.97. The molecule has 0 spiro atoms. The first-order valence-corrected chi connectivity index (χ1v) is 8.28. The fourth-order valence-corrected chi connectivity index (χ4v) is 2.82. The van der Waals surface area contributed by atoms with E-state index in [-0.39, 0.29) is 24.0 Å². The molecule has 0 aliphatic carbocycles. The molecule has 0 unspecified atom stereocenters. The van der Waals surface area contributed by atoms with Crippen molar-refractivity contribution in [3.05, 3.63) is 34.0 Å². The molecule has 0 atom stereocenters. The zero-order valence-corrected chi connectivity index (χ0v) is 17.3. The zero-order chi connectivity index (χ0) is 15.9. The molecule has 128 valence electrons. The third-order valence-corrected chi connectivity index (χ3v) is 4.07. The maximum atomic E-state index is 4.49. The van der Waals surface area contributed by atoms with E-state index in [4.69, 9.17) is 0 Å². The van der Waals surface area contributed by atoms with Gasteiger partial charge in [0.25, 0.3) is 0 Å². The fourth-order valence-electron chi connectivity index (χ4n) is 2.21. The van der Waals surface area contributed by atoms with Gasteiger partial charge in [0.15, 0.2) is 5.96 Å². The number of aromatic nitrogens is 3. The highest BCUT2D eigenvalue weighted by atomic mass is 127. The molecule has 1 N–H and O–H groups in total. The Morgan fingerprint density at radius 3 is 2.78 bits per heavy atom. The Labute approximate surface area is 159 Å². The lowest BCUT2D eigenvalue weighted by molar-refractivity contribution is 0.466. The van der Waals surface area contributed by atoms with Crippen molar-refractivity contribution < 1.29 is 0 Å². The number of rotatable bonds is 6. The minimum Gasteiger partial charge on any atom is -0.356 e. The summed E-state index contributed by atoms with van der Waals surface area (Å²) in [5.41, 5.74) is 2.28. The van der Waals surface area contributed by atoms with Crippen molar-refractivity contribution in [2.45, 2.75) is 33.4 Å². The van der Waals surface area contributed by atoms with Crippen molar-refractivity contribution in [2.24, 2.45) is 4.99 Å². The molecule has 6 nitrogen and oxygen atoms in total. The summed E-state index contributed by atoms with van der Waals surface area (Å²) in [6.45, 7) is 6.62. The SMILES string of the molecule is CN=C(NCCCn1cc(C)cn1)N(C)Cc1csc(C)n1.I. The summed E-state index contributed by atoms with van der Waals surface area (Å²) in [4.78, 5) is 10.9. The number of aryl methyl sites for hydroxylation is 3. The molecule has 23 heavy (non-hydrogen) atoms. The van der Waals surface area contributed by atoms with Gasteiger partial charge in [-0.25, -0.2) is 4.98 Å². The summed E-state index contributed by atoms with van der Waals surface area (Å²) in [5.74, 6) is 0.891. The molecule has 0 fully saturated rings. The van der Waals surface area contributed by atoms with Crippen LogP contribution >= 0.6 is 35.3 Å². The van der Waals surface area contributed by atoms with Crippen LogP contribution in [0.15, 0.2) is 22.8 Å². The number of aliphatic imine (C=N–C) groups is 1. The lowest BCUT2D eigenvalue weighted by atomic mass is 10.4. The minimum absolute atomic E-state index is 0. The summed E-state index contributed by atoms with van der Waals surface area (Å²) in [7, 11) is 3.84. The van der Waals surface area contributed by atoms with E-state index in [9.17, 15) is 0 Å². The fraction of sp³-hybridized carbons (Fsp3) is 0.533. The number of hydrogen-bond donors (Lipinski definition) is 1. The van der Waals surface area contributed by atoms with Crippen LogP contribution in [0.25, 0.3) is 0 Å². The van der Waals surface area contributed by atoms with Crippen molar-refractivity contribution in [3.63, 3.8) is 0 Å². The average molecular weight is 448 g/mol. The molecule has 8 heteroatoms. The van der Waals surface area contributed by atoms with Gasteiger partial charge in [0.1, 0.15) is 0 Å². The third-order valence-electron chi connectivity index (χ3n) is 3.25. The predicted molar refractivity (Wildman–Crippen MR) is 107 cm³/mol. The van der Waals surface area contributed by atoms with Gasteiger partial charge in [-0.15, -0.1) is 35.3 Å². The van der Waals surface area contributed by atoms with Crippen molar-refractivity contribution in [3.8, 4) is 0 Å². The molecule has 2 aromatic rings. The quantitative estimate of drug-likeness (QED) is 0.320. The van der Waals surface area contributed by atoms with Crippen LogP contribution in [0.3, 0.4) is 0 Å². The highest BCUT2D eigenvalue weighted by Gasteiger charge is 2.08. The van der Waals surface area contributed by atoms with Gasteiger partial charge in [-0.1, -0.05) is 0 Å². The summed E-state index contributed by atoms with van der Waals surface area (Å²) in [5, 5.41) is 10.9. The standard InChI is InChI=1S/C15H24N6S.HI/c1-12-8-18-21(9-12)7-5-6-17-15(16-3)20(4)10-14-11-22-13(2)19-14;/h8-9,11H,5-7,10H2,1-4H3,(H,16,17);1H. The highest BCUT2D eigenvalue weighted by molar-refractivity contribution is 14.0. The van der Waals surface area contributed by atoms with E-state index >= 15 is 0 Å². The van der Waals surface area contributed by atoms with Gasteiger partial charge in [0.2, 0.25) is 0 Å². The van der Waals surface area contributed by atoms with Gasteiger partial charge in [-0.2, -0.15) is 5.10 Å². The molecule has 0 saturated carbocycles. The second kappa shape index (κ2) is 9.86. The molecule has 0 saturated heterocycles. The third kappa shape index (κ3) is 6.46. The largest absolute Gasteiger partial charge is 0.356 e. The number of nitrogens with zero attached hydrogens (tertiary/aromatic N) is 5. The first-order valence-electron chi connectivity index (χ1n) is 7.40. The van der Waals surface area contributed by atoms with Crippen molar-refractivity contribution in [2.75, 3.05) is 20.6 Å². The van der Waals surface area contributed by atoms with Crippen LogP contribution in [-0.2, 0) is 13.1 Å². The van der Waals surface area contributed by atoms with E-state index < -0.39 is 0 Å². The Hall–Kier alpha value is -1.16. The molecular weight excluding hydrogens is 423 g/mol. The molecule has 0 bridgehead atoms. The van der Waals surface area contributed by atoms with Crippen LogP contribution in [0.1, 0.15) is 22.7 Å². The van der Waals surface area contributed by atoms with E-state index in [1.807, 2.05) is 31.9 Å². The Kier molecular flexibility index (Phi) is 8.53. The van der Waals surface area contributed by atoms with Crippen molar-refractivity contribution in [1.82, 2.24) is 25.0 Å². The van der Waals surface area contributed by atoms with Crippen LogP contribution in [0, 0.1) is 13.8 Å². The van der Waals surface area contributed by atoms with Crippen LogP contribution in [0.4, 0.5) is 0 Å². The van der Waals surface area contributed by atoms with Gasteiger partial charge >= 0.3 is 0 Å². The van der Waals surface area contributed by atoms with E-state index in [0.29, 0.717) is 0 Å². The molecular formula is C15H25IN6S. The van der Waals surface area contributed by atoms with Gasteiger partial charge in [-0.05, 0) is 25.8 Å². The van der Waals surface area contributed by atoms with Gasteiger partial charge in [0, 0.05) is 38.8 Å². The maximum Gasteiger partial charge on any atom is 0.193 e. The van der Waals surface area contributed by atoms with E-state index in [0.717, 1.165) is 42.7 Å². The second-order valence-electron chi connectivity index (χ2n) is 5.32. The summed E-state index contributed by atoms with van der Waals surface area (Å²) >= 11 is 1.68. The number of nitrogens with one attached hydrogen (secondary N) is 1. The number of hydrogen-bond acceptors (Lipinski definition) is 4. The molecule has 0 aliphatic heterocycles. The maximum absolute atomic E-state index is 4.49. The summed E-state index contributed by atoms with van der Waals surface area (Å²) in [6.07, 6.45) is 4.95. The first-order chi connectivity index (χ1) is 10.6. The Bertz CT molecular complexity index is 621. The minimum atomic E-state index is 0. The lowest BCUT2D eigenvalue weighted by Gasteiger charge is -2.21. The summed E-state index contributed by atoms with van der Waals surface area (Å²) in [6, 6.07) is 0. The van der Waals surface area contributed by atoms with Crippen molar-refractivity contribution in [1.29, 1.82) is 0 Å². The molecule has 0 radical (unpaired) electrons. The van der Waals surface area contributed by atoms with Gasteiger partial charge in [0.05, 0.1) is 23.4 Å². The molecule has 0 aliphatic rings. The van der Waals surface area contributed by atoms with E-state index in [1.54, 1.807) is 11.3 Å². The smallest absolute Gasteiger partial charge is 0.193 e. The number of guanidine groups is 1. The zero-order valence-electron chi connectivity index (χ0n) is 14.1. The molecule has 2 heterocycles. The molecule has 2 aromatic heterocycles. The predicted octanol–water partition coefficient (Wildman–Crippen LogP) is 2.67. The molecule has 0 aromatic carbocycles. The lowest BCUT2D eigenvalue weighted by Crippen LogP contribution is -2.39. The van der Waals surface area contributed by atoms with Gasteiger partial charge in [-0.3, -0.25) is 9.67 Å². The van der Waals surface area contributed by atoms with Crippen molar-refractivity contribution >= 4 is 41.3 Å².